The summed E-state index contributed by atoms with van der Waals surface area (Å²) in [6.45, 7) is 4.45. The number of aromatic hydroxyl groups is 1. The molecule has 1 aromatic carbocycles. The van der Waals surface area contributed by atoms with Crippen LogP contribution in [0.15, 0.2) is 18.2 Å². The Morgan fingerprint density at radius 1 is 1.47 bits per heavy atom. The first-order valence-corrected chi connectivity index (χ1v) is 6.64. The summed E-state index contributed by atoms with van der Waals surface area (Å²) in [5.41, 5.74) is 0.763. The minimum atomic E-state index is -0.112. The SMILES string of the molecule is CNC(=O)C(C)CN(C)C(C)c1cc(Cl)ccc1O. The van der Waals surface area contributed by atoms with E-state index in [1.54, 1.807) is 25.2 Å². The molecule has 19 heavy (non-hydrogen) atoms. The van der Waals surface area contributed by atoms with E-state index in [1.807, 2.05) is 25.8 Å². The maximum absolute atomic E-state index is 11.5. The predicted molar refractivity (Wildman–Crippen MR) is 77.4 cm³/mol. The Hall–Kier alpha value is -1.26. The molecule has 0 spiro atoms. The third-order valence-corrected chi connectivity index (χ3v) is 3.59. The van der Waals surface area contributed by atoms with Gasteiger partial charge in [-0.25, -0.2) is 0 Å². The van der Waals surface area contributed by atoms with Crippen LogP contribution in [0.3, 0.4) is 0 Å². The minimum Gasteiger partial charge on any atom is -0.508 e. The number of carbonyl (C=O) groups excluding carboxylic acids is 1. The third kappa shape index (κ3) is 4.11. The number of carbonyl (C=O) groups is 1. The fourth-order valence-corrected chi connectivity index (χ4v) is 2.20. The molecule has 4 nitrogen and oxygen atoms in total. The molecule has 0 aliphatic carbocycles. The van der Waals surface area contributed by atoms with E-state index in [2.05, 4.69) is 5.32 Å². The van der Waals surface area contributed by atoms with Crippen molar-refractivity contribution in [2.24, 2.45) is 5.92 Å². The van der Waals surface area contributed by atoms with Crippen LogP contribution >= 0.6 is 11.6 Å². The molecule has 2 atom stereocenters. The number of phenols is 1. The standard InChI is InChI=1S/C14H21ClN2O2/c1-9(14(19)16-3)8-17(4)10(2)12-7-11(15)5-6-13(12)18/h5-7,9-10,18H,8H2,1-4H3,(H,16,19). The Morgan fingerprint density at radius 2 is 2.11 bits per heavy atom. The zero-order valence-corrected chi connectivity index (χ0v) is 12.5. The zero-order valence-electron chi connectivity index (χ0n) is 11.8. The van der Waals surface area contributed by atoms with Gasteiger partial charge in [-0.1, -0.05) is 18.5 Å². The first-order chi connectivity index (χ1) is 8.86. The molecule has 0 aromatic heterocycles. The molecule has 1 rings (SSSR count). The van der Waals surface area contributed by atoms with E-state index < -0.39 is 0 Å². The number of rotatable bonds is 5. The molecule has 1 amide bonds. The highest BCUT2D eigenvalue weighted by atomic mass is 35.5. The van der Waals surface area contributed by atoms with E-state index >= 15 is 0 Å². The molecule has 0 saturated heterocycles. The first-order valence-electron chi connectivity index (χ1n) is 6.27. The number of phenolic OH excluding ortho intramolecular Hbond substituents is 1. The van der Waals surface area contributed by atoms with Crippen LogP contribution in [-0.4, -0.2) is 36.6 Å². The number of amides is 1. The lowest BCUT2D eigenvalue weighted by atomic mass is 10.0. The first kappa shape index (κ1) is 15.8. The fraction of sp³-hybridized carbons (Fsp3) is 0.500. The molecule has 0 fully saturated rings. The van der Waals surface area contributed by atoms with Gasteiger partial charge in [0, 0.05) is 36.1 Å². The van der Waals surface area contributed by atoms with Crippen LogP contribution in [0.25, 0.3) is 0 Å². The second-order valence-corrected chi connectivity index (χ2v) is 5.27. The van der Waals surface area contributed by atoms with Crippen molar-refractivity contribution in [3.8, 4) is 5.75 Å². The molecule has 0 aliphatic heterocycles. The lowest BCUT2D eigenvalue weighted by Crippen LogP contribution is -2.35. The number of nitrogens with one attached hydrogen (secondary N) is 1. The van der Waals surface area contributed by atoms with Gasteiger partial charge in [-0.05, 0) is 32.2 Å². The highest BCUT2D eigenvalue weighted by molar-refractivity contribution is 6.30. The Balaban J connectivity index is 2.79. The monoisotopic (exact) mass is 284 g/mol. The van der Waals surface area contributed by atoms with Crippen LogP contribution in [0.2, 0.25) is 5.02 Å². The second kappa shape index (κ2) is 6.78. The van der Waals surface area contributed by atoms with Gasteiger partial charge in [0.25, 0.3) is 0 Å². The van der Waals surface area contributed by atoms with E-state index in [-0.39, 0.29) is 23.6 Å². The van der Waals surface area contributed by atoms with E-state index in [0.717, 1.165) is 5.56 Å². The van der Waals surface area contributed by atoms with Crippen LogP contribution in [0, 0.1) is 5.92 Å². The van der Waals surface area contributed by atoms with Crippen molar-refractivity contribution in [1.29, 1.82) is 0 Å². The molecule has 0 saturated carbocycles. The second-order valence-electron chi connectivity index (χ2n) is 4.83. The van der Waals surface area contributed by atoms with Crippen molar-refractivity contribution in [2.75, 3.05) is 20.6 Å². The van der Waals surface area contributed by atoms with Gasteiger partial charge < -0.3 is 10.4 Å². The topological polar surface area (TPSA) is 52.6 Å². The van der Waals surface area contributed by atoms with Crippen molar-refractivity contribution in [1.82, 2.24) is 10.2 Å². The zero-order chi connectivity index (χ0) is 14.6. The Kier molecular flexibility index (Phi) is 5.63. The van der Waals surface area contributed by atoms with Gasteiger partial charge in [-0.15, -0.1) is 0 Å². The van der Waals surface area contributed by atoms with Crippen LogP contribution in [0.5, 0.6) is 5.75 Å². The average Bonchev–Trinajstić information content (AvgIpc) is 2.39. The largest absolute Gasteiger partial charge is 0.508 e. The van der Waals surface area contributed by atoms with Crippen LogP contribution in [-0.2, 0) is 4.79 Å². The molecular weight excluding hydrogens is 264 g/mol. The highest BCUT2D eigenvalue weighted by Crippen LogP contribution is 2.30. The number of hydrogen-bond donors (Lipinski definition) is 2. The number of benzene rings is 1. The Bertz CT molecular complexity index is 451. The highest BCUT2D eigenvalue weighted by Gasteiger charge is 2.20. The summed E-state index contributed by atoms with van der Waals surface area (Å²) in [5.74, 6) is 0.115. The van der Waals surface area contributed by atoms with Gasteiger partial charge >= 0.3 is 0 Å². The quantitative estimate of drug-likeness (QED) is 0.873. The van der Waals surface area contributed by atoms with Crippen molar-refractivity contribution in [3.05, 3.63) is 28.8 Å². The molecule has 2 unspecified atom stereocenters. The maximum atomic E-state index is 11.5. The normalized spacial score (nSPS) is 14.2. The van der Waals surface area contributed by atoms with E-state index in [9.17, 15) is 9.90 Å². The molecule has 106 valence electrons. The summed E-state index contributed by atoms with van der Waals surface area (Å²) >= 11 is 5.95. The summed E-state index contributed by atoms with van der Waals surface area (Å²) in [7, 11) is 3.55. The predicted octanol–water partition coefficient (Wildman–Crippen LogP) is 2.42. The molecule has 0 heterocycles. The Labute approximate surface area is 119 Å². The lowest BCUT2D eigenvalue weighted by molar-refractivity contribution is -0.124. The van der Waals surface area contributed by atoms with Gasteiger partial charge in [-0.3, -0.25) is 9.69 Å². The molecule has 0 radical (unpaired) electrons. The van der Waals surface area contributed by atoms with Gasteiger partial charge in [0.1, 0.15) is 5.75 Å². The van der Waals surface area contributed by atoms with Crippen LogP contribution < -0.4 is 5.32 Å². The van der Waals surface area contributed by atoms with E-state index in [0.29, 0.717) is 11.6 Å². The summed E-state index contributed by atoms with van der Waals surface area (Å²) < 4.78 is 0. The molecule has 1 aromatic rings. The lowest BCUT2D eigenvalue weighted by Gasteiger charge is -2.27. The van der Waals surface area contributed by atoms with Gasteiger partial charge in [0.15, 0.2) is 0 Å². The Morgan fingerprint density at radius 3 is 2.68 bits per heavy atom. The maximum Gasteiger partial charge on any atom is 0.223 e. The van der Waals surface area contributed by atoms with Crippen molar-refractivity contribution in [2.45, 2.75) is 19.9 Å². The summed E-state index contributed by atoms with van der Waals surface area (Å²) in [4.78, 5) is 13.5. The third-order valence-electron chi connectivity index (χ3n) is 3.36. The summed E-state index contributed by atoms with van der Waals surface area (Å²) in [6, 6.07) is 4.97. The van der Waals surface area contributed by atoms with Gasteiger partial charge in [-0.2, -0.15) is 0 Å². The minimum absolute atomic E-state index is 0.00867. The van der Waals surface area contributed by atoms with Gasteiger partial charge in [0.2, 0.25) is 5.91 Å². The van der Waals surface area contributed by atoms with E-state index in [1.165, 1.54) is 0 Å². The van der Waals surface area contributed by atoms with Crippen LogP contribution in [0.1, 0.15) is 25.5 Å². The molecule has 0 aliphatic rings. The number of hydrogen-bond acceptors (Lipinski definition) is 3. The van der Waals surface area contributed by atoms with Crippen molar-refractivity contribution in [3.63, 3.8) is 0 Å². The smallest absolute Gasteiger partial charge is 0.223 e. The van der Waals surface area contributed by atoms with E-state index in [4.69, 9.17) is 11.6 Å². The van der Waals surface area contributed by atoms with Crippen molar-refractivity contribution < 1.29 is 9.90 Å². The van der Waals surface area contributed by atoms with Crippen LogP contribution in [0.4, 0.5) is 0 Å². The summed E-state index contributed by atoms with van der Waals surface area (Å²) in [6.07, 6.45) is 0. The number of halogens is 1. The molecular formula is C14H21ClN2O2. The fourth-order valence-electron chi connectivity index (χ4n) is 2.02. The van der Waals surface area contributed by atoms with Crippen molar-refractivity contribution >= 4 is 17.5 Å². The molecule has 0 bridgehead atoms. The molecule has 5 heteroatoms. The number of nitrogens with zero attached hydrogens (tertiary/aromatic N) is 1. The van der Waals surface area contributed by atoms with Gasteiger partial charge in [0.05, 0.1) is 0 Å². The summed E-state index contributed by atoms with van der Waals surface area (Å²) in [5, 5.41) is 13.1. The average molecular weight is 285 g/mol. The molecule has 2 N–H and O–H groups in total.